The lowest BCUT2D eigenvalue weighted by Crippen LogP contribution is -2.46. The third-order valence-corrected chi connectivity index (χ3v) is 3.16. The molecule has 4 nitrogen and oxygen atoms in total. The maximum atomic E-state index is 13.5. The van der Waals surface area contributed by atoms with Gasteiger partial charge in [0.05, 0.1) is 0 Å². The number of hydrogen-bond acceptors (Lipinski definition) is 2. The first kappa shape index (κ1) is 16.1. The third kappa shape index (κ3) is 4.33. The molecule has 110 valence electrons. The molecule has 2 atom stereocenters. The van der Waals surface area contributed by atoms with Gasteiger partial charge in [-0.25, -0.2) is 9.18 Å². The van der Waals surface area contributed by atoms with Crippen LogP contribution < -0.4 is 5.32 Å². The highest BCUT2D eigenvalue weighted by atomic mass is 19.1. The number of amides is 1. The number of carbonyl (C=O) groups excluding carboxylic acids is 1. The maximum absolute atomic E-state index is 13.5. The van der Waals surface area contributed by atoms with Crippen LogP contribution in [0.25, 0.3) is 0 Å². The largest absolute Gasteiger partial charge is 0.480 e. The quantitative estimate of drug-likeness (QED) is 0.840. The topological polar surface area (TPSA) is 66.4 Å². The fourth-order valence-corrected chi connectivity index (χ4v) is 1.90. The Morgan fingerprint density at radius 3 is 2.35 bits per heavy atom. The second-order valence-corrected chi connectivity index (χ2v) is 5.27. The average molecular weight is 281 g/mol. The van der Waals surface area contributed by atoms with Crippen LogP contribution in [0.15, 0.2) is 24.3 Å². The number of nitrogens with one attached hydrogen (secondary N) is 1. The third-order valence-electron chi connectivity index (χ3n) is 3.16. The average Bonchev–Trinajstić information content (AvgIpc) is 2.37. The fraction of sp³-hybridized carbons (Fsp3) is 0.467. The van der Waals surface area contributed by atoms with Crippen LogP contribution in [0.2, 0.25) is 0 Å². The van der Waals surface area contributed by atoms with Crippen molar-refractivity contribution < 1.29 is 19.1 Å². The first-order chi connectivity index (χ1) is 9.32. The Bertz CT molecular complexity index is 488. The first-order valence-corrected chi connectivity index (χ1v) is 6.59. The van der Waals surface area contributed by atoms with Crippen LogP contribution in [0.4, 0.5) is 4.39 Å². The second kappa shape index (κ2) is 7.03. The Hall–Kier alpha value is -1.91. The van der Waals surface area contributed by atoms with E-state index in [0.29, 0.717) is 5.56 Å². The first-order valence-electron chi connectivity index (χ1n) is 6.59. The second-order valence-electron chi connectivity index (χ2n) is 5.27. The predicted molar refractivity (Wildman–Crippen MR) is 73.7 cm³/mol. The molecule has 0 saturated carbocycles. The van der Waals surface area contributed by atoms with E-state index in [0.717, 1.165) is 0 Å². The van der Waals surface area contributed by atoms with Gasteiger partial charge in [-0.3, -0.25) is 4.79 Å². The molecule has 1 rings (SSSR count). The van der Waals surface area contributed by atoms with Crippen molar-refractivity contribution in [1.82, 2.24) is 5.32 Å². The summed E-state index contributed by atoms with van der Waals surface area (Å²) in [6, 6.07) is 5.33. The van der Waals surface area contributed by atoms with Gasteiger partial charge in [0, 0.05) is 5.92 Å². The van der Waals surface area contributed by atoms with Crippen LogP contribution in [0.1, 0.15) is 26.3 Å². The Morgan fingerprint density at radius 1 is 1.25 bits per heavy atom. The van der Waals surface area contributed by atoms with Crippen molar-refractivity contribution in [3.05, 3.63) is 35.6 Å². The molecule has 0 aliphatic heterocycles. The number of carboxylic acids is 1. The Labute approximate surface area is 118 Å². The van der Waals surface area contributed by atoms with E-state index in [1.807, 2.05) is 0 Å². The monoisotopic (exact) mass is 281 g/mol. The van der Waals surface area contributed by atoms with E-state index in [4.69, 9.17) is 5.11 Å². The van der Waals surface area contributed by atoms with Crippen LogP contribution >= 0.6 is 0 Å². The van der Waals surface area contributed by atoms with Crippen molar-refractivity contribution in [2.75, 3.05) is 0 Å². The number of hydrogen-bond donors (Lipinski definition) is 2. The van der Waals surface area contributed by atoms with E-state index >= 15 is 0 Å². The van der Waals surface area contributed by atoms with E-state index in [-0.39, 0.29) is 24.1 Å². The predicted octanol–water partition coefficient (Wildman–Crippen LogP) is 2.23. The molecule has 0 spiro atoms. The van der Waals surface area contributed by atoms with Gasteiger partial charge in [0.15, 0.2) is 0 Å². The highest BCUT2D eigenvalue weighted by molar-refractivity contribution is 5.85. The summed E-state index contributed by atoms with van der Waals surface area (Å²) in [4.78, 5) is 23.0. The summed E-state index contributed by atoms with van der Waals surface area (Å²) in [7, 11) is 0. The van der Waals surface area contributed by atoms with Gasteiger partial charge in [0.2, 0.25) is 5.91 Å². The normalized spacial score (nSPS) is 13.8. The van der Waals surface area contributed by atoms with Gasteiger partial charge in [0.25, 0.3) is 0 Å². The number of carbonyl (C=O) groups is 2. The lowest BCUT2D eigenvalue weighted by molar-refractivity contribution is -0.143. The maximum Gasteiger partial charge on any atom is 0.326 e. The van der Waals surface area contributed by atoms with E-state index in [1.54, 1.807) is 39.0 Å². The molecule has 5 heteroatoms. The highest BCUT2D eigenvalue weighted by Gasteiger charge is 2.26. The summed E-state index contributed by atoms with van der Waals surface area (Å²) in [6.07, 6.45) is 0.239. The molecule has 0 heterocycles. The molecular formula is C15H20FNO3. The van der Waals surface area contributed by atoms with E-state index in [9.17, 15) is 14.0 Å². The molecule has 0 radical (unpaired) electrons. The lowest BCUT2D eigenvalue weighted by atomic mass is 9.98. The summed E-state index contributed by atoms with van der Waals surface area (Å²) in [6.45, 7) is 5.10. The van der Waals surface area contributed by atoms with Gasteiger partial charge in [-0.1, -0.05) is 39.0 Å². The van der Waals surface area contributed by atoms with Gasteiger partial charge >= 0.3 is 5.97 Å². The zero-order valence-electron chi connectivity index (χ0n) is 11.9. The smallest absolute Gasteiger partial charge is 0.326 e. The molecule has 0 aliphatic rings. The number of halogens is 1. The summed E-state index contributed by atoms with van der Waals surface area (Å²) in [5.41, 5.74) is 0.451. The van der Waals surface area contributed by atoms with Crippen molar-refractivity contribution in [3.8, 4) is 0 Å². The molecule has 0 aromatic heterocycles. The minimum atomic E-state index is -1.06. The molecule has 2 N–H and O–H groups in total. The van der Waals surface area contributed by atoms with Crippen molar-refractivity contribution in [2.24, 2.45) is 11.8 Å². The zero-order valence-corrected chi connectivity index (χ0v) is 11.9. The summed E-state index contributed by atoms with van der Waals surface area (Å²) in [5, 5.41) is 11.5. The van der Waals surface area contributed by atoms with E-state index in [1.165, 1.54) is 6.07 Å². The van der Waals surface area contributed by atoms with Crippen molar-refractivity contribution >= 4 is 11.9 Å². The van der Waals surface area contributed by atoms with Crippen LogP contribution in [-0.2, 0) is 16.0 Å². The number of aliphatic carboxylic acids is 1. The summed E-state index contributed by atoms with van der Waals surface area (Å²) in [5.74, 6) is -2.50. The number of rotatable bonds is 6. The minimum absolute atomic E-state index is 0.211. The molecule has 0 fully saturated rings. The van der Waals surface area contributed by atoms with Gasteiger partial charge in [-0.15, -0.1) is 0 Å². The van der Waals surface area contributed by atoms with Gasteiger partial charge < -0.3 is 10.4 Å². The molecule has 20 heavy (non-hydrogen) atoms. The Balaban J connectivity index is 2.68. The van der Waals surface area contributed by atoms with Crippen LogP contribution in [-0.4, -0.2) is 23.0 Å². The summed E-state index contributed by atoms with van der Waals surface area (Å²) >= 11 is 0. The fourth-order valence-electron chi connectivity index (χ4n) is 1.90. The number of benzene rings is 1. The van der Waals surface area contributed by atoms with Crippen LogP contribution in [0.5, 0.6) is 0 Å². The lowest BCUT2D eigenvalue weighted by Gasteiger charge is -2.20. The van der Waals surface area contributed by atoms with Gasteiger partial charge in [0.1, 0.15) is 11.9 Å². The highest BCUT2D eigenvalue weighted by Crippen LogP contribution is 2.13. The molecular weight excluding hydrogens is 261 g/mol. The standard InChI is InChI=1S/C15H20FNO3/c1-9(2)13(15(19)20)17-14(18)10(3)8-11-6-4-5-7-12(11)16/h4-7,9-10,13H,8H2,1-3H3,(H,17,18)(H,19,20). The molecule has 1 aromatic rings. The van der Waals surface area contributed by atoms with Crippen molar-refractivity contribution in [3.63, 3.8) is 0 Å². The minimum Gasteiger partial charge on any atom is -0.480 e. The Kier molecular flexibility index (Phi) is 5.67. The van der Waals surface area contributed by atoms with Crippen molar-refractivity contribution in [1.29, 1.82) is 0 Å². The van der Waals surface area contributed by atoms with Crippen molar-refractivity contribution in [2.45, 2.75) is 33.2 Å². The molecule has 0 bridgehead atoms. The molecule has 1 amide bonds. The number of carboxylic acid groups (broad SMARTS) is 1. The SMILES string of the molecule is CC(Cc1ccccc1F)C(=O)NC(C(=O)O)C(C)C. The van der Waals surface area contributed by atoms with E-state index in [2.05, 4.69) is 5.32 Å². The Morgan fingerprint density at radius 2 is 1.85 bits per heavy atom. The van der Waals surface area contributed by atoms with Crippen LogP contribution in [0.3, 0.4) is 0 Å². The van der Waals surface area contributed by atoms with Crippen LogP contribution in [0, 0.1) is 17.7 Å². The van der Waals surface area contributed by atoms with Gasteiger partial charge in [-0.05, 0) is 24.0 Å². The molecule has 0 aliphatic carbocycles. The molecule has 2 unspecified atom stereocenters. The molecule has 1 aromatic carbocycles. The zero-order chi connectivity index (χ0) is 15.3. The van der Waals surface area contributed by atoms with E-state index < -0.39 is 17.9 Å². The van der Waals surface area contributed by atoms with Gasteiger partial charge in [-0.2, -0.15) is 0 Å². The molecule has 0 saturated heterocycles. The summed E-state index contributed by atoms with van der Waals surface area (Å²) < 4.78 is 13.5.